The molecule has 3 amide bonds. The molecule has 0 unspecified atom stereocenters. The van der Waals surface area contributed by atoms with E-state index in [1.54, 1.807) is 33.5 Å². The smallest absolute Gasteiger partial charge is 0.270 e. The molecule has 40 heavy (non-hydrogen) atoms. The molecule has 1 aromatic carbocycles. The number of carbonyl (C=O) groups is 3. The first-order chi connectivity index (χ1) is 19.4. The Balaban J connectivity index is 1.50. The molecule has 2 aliphatic heterocycles. The van der Waals surface area contributed by atoms with E-state index in [0.29, 0.717) is 50.5 Å². The lowest BCUT2D eigenvalue weighted by atomic mass is 9.99. The first-order valence-corrected chi connectivity index (χ1v) is 13.9. The molecule has 1 saturated heterocycles. The van der Waals surface area contributed by atoms with Crippen LogP contribution in [0.2, 0.25) is 0 Å². The van der Waals surface area contributed by atoms with Crippen molar-refractivity contribution in [2.75, 3.05) is 19.6 Å². The molecule has 0 saturated carbocycles. The van der Waals surface area contributed by atoms with Gasteiger partial charge in [-0.25, -0.2) is 9.67 Å². The summed E-state index contributed by atoms with van der Waals surface area (Å²) in [6, 6.07) is 13.3. The number of carbonyl (C=O) groups excluding carboxylic acids is 3. The first kappa shape index (κ1) is 27.3. The third-order valence-electron chi connectivity index (χ3n) is 7.53. The number of hydrogen-bond acceptors (Lipinski definition) is 6. The van der Waals surface area contributed by atoms with Gasteiger partial charge in [0.25, 0.3) is 5.91 Å². The lowest BCUT2D eigenvalue weighted by Crippen LogP contribution is -2.53. The summed E-state index contributed by atoms with van der Waals surface area (Å²) >= 11 is 0. The van der Waals surface area contributed by atoms with Crippen LogP contribution in [-0.2, 0) is 22.6 Å². The fraction of sp³-hybridized carbons (Fsp3) is 0.448. The average molecular weight is 546 g/mol. The maximum atomic E-state index is 13.7. The van der Waals surface area contributed by atoms with Crippen molar-refractivity contribution in [3.8, 4) is 0 Å². The lowest BCUT2D eigenvalue weighted by Gasteiger charge is -2.36. The van der Waals surface area contributed by atoms with Gasteiger partial charge in [-0.15, -0.1) is 0 Å². The number of aryl methyl sites for hydroxylation is 1. The summed E-state index contributed by atoms with van der Waals surface area (Å²) in [7, 11) is 0. The zero-order valence-corrected chi connectivity index (χ0v) is 22.7. The lowest BCUT2D eigenvalue weighted by molar-refractivity contribution is -0.142. The minimum Gasteiger partial charge on any atom is -0.344 e. The third-order valence-corrected chi connectivity index (χ3v) is 7.53. The summed E-state index contributed by atoms with van der Waals surface area (Å²) in [4.78, 5) is 62.9. The van der Waals surface area contributed by atoms with Crippen molar-refractivity contribution < 1.29 is 14.4 Å². The van der Waals surface area contributed by atoms with Gasteiger partial charge in [-0.3, -0.25) is 19.2 Å². The summed E-state index contributed by atoms with van der Waals surface area (Å²) < 4.78 is 1.76. The highest BCUT2D eigenvalue weighted by Crippen LogP contribution is 2.23. The molecular weight excluding hydrogens is 510 g/mol. The van der Waals surface area contributed by atoms with E-state index in [0.717, 1.165) is 18.4 Å². The Kier molecular flexibility index (Phi) is 8.37. The summed E-state index contributed by atoms with van der Waals surface area (Å²) in [6.45, 7) is 3.28. The van der Waals surface area contributed by atoms with Crippen LogP contribution < -0.4 is 10.9 Å². The molecule has 2 aliphatic rings. The second-order valence-corrected chi connectivity index (χ2v) is 10.4. The van der Waals surface area contributed by atoms with Gasteiger partial charge in [0, 0.05) is 32.1 Å². The van der Waals surface area contributed by atoms with Crippen LogP contribution in [0.3, 0.4) is 0 Å². The number of fused-ring (bicyclic) bond motifs is 2. The standard InChI is InChI=1S/C29H35N7O4/c1-20-30-27-23(19-21-9-3-2-4-10-21)32-28(39)24-12-5-6-16-35(24)26(38)14-8-15-34(17-18-36(27)33-20)29(40)22-11-7-13-25(37)31-22/h2-4,7,9-11,13,23-24H,5-6,8,12,14-19H2,1H3,(H,31,37)(H,32,39)/t23-,24+/m1/s1. The van der Waals surface area contributed by atoms with Gasteiger partial charge in [-0.05, 0) is 50.7 Å². The average Bonchev–Trinajstić information content (AvgIpc) is 3.34. The van der Waals surface area contributed by atoms with Crippen molar-refractivity contribution in [3.63, 3.8) is 0 Å². The Hall–Kier alpha value is -4.28. The first-order valence-electron chi connectivity index (χ1n) is 13.9. The van der Waals surface area contributed by atoms with Crippen molar-refractivity contribution in [3.05, 3.63) is 81.8 Å². The van der Waals surface area contributed by atoms with Crippen LogP contribution in [0.25, 0.3) is 0 Å². The number of rotatable bonds is 3. The zero-order chi connectivity index (χ0) is 28.1. The molecule has 0 aliphatic carbocycles. The number of H-pyrrole nitrogens is 1. The molecule has 11 nitrogen and oxygen atoms in total. The van der Waals surface area contributed by atoms with Crippen LogP contribution in [0, 0.1) is 6.92 Å². The van der Waals surface area contributed by atoms with Crippen LogP contribution in [0.1, 0.15) is 65.8 Å². The van der Waals surface area contributed by atoms with Gasteiger partial charge in [0.2, 0.25) is 17.4 Å². The summed E-state index contributed by atoms with van der Waals surface area (Å²) in [5.41, 5.74) is 0.871. The topological polar surface area (TPSA) is 133 Å². The number of aromatic nitrogens is 4. The number of piperidine rings is 1. The molecule has 0 radical (unpaired) electrons. The Morgan fingerprint density at radius 2 is 1.77 bits per heavy atom. The summed E-state index contributed by atoms with van der Waals surface area (Å²) in [5, 5.41) is 7.80. The Bertz CT molecular complexity index is 1420. The van der Waals surface area contributed by atoms with E-state index >= 15 is 0 Å². The number of nitrogens with zero attached hydrogens (tertiary/aromatic N) is 5. The zero-order valence-electron chi connectivity index (χ0n) is 22.7. The van der Waals surface area contributed by atoms with Crippen LogP contribution in [0.5, 0.6) is 0 Å². The highest BCUT2D eigenvalue weighted by Gasteiger charge is 2.34. The second kappa shape index (κ2) is 12.3. The molecule has 5 rings (SSSR count). The van der Waals surface area contributed by atoms with E-state index in [1.807, 2.05) is 30.3 Å². The Morgan fingerprint density at radius 1 is 0.950 bits per heavy atom. The molecule has 2 N–H and O–H groups in total. The largest absolute Gasteiger partial charge is 0.344 e. The molecule has 0 bridgehead atoms. The molecule has 3 aromatic rings. The summed E-state index contributed by atoms with van der Waals surface area (Å²) in [5.74, 6) is 0.576. The van der Waals surface area contributed by atoms with E-state index in [1.165, 1.54) is 6.07 Å². The number of hydrogen-bond donors (Lipinski definition) is 2. The molecular formula is C29H35N7O4. The maximum Gasteiger partial charge on any atom is 0.270 e. The van der Waals surface area contributed by atoms with Crippen LogP contribution in [0.15, 0.2) is 53.3 Å². The quantitative estimate of drug-likeness (QED) is 0.517. The van der Waals surface area contributed by atoms with Crippen molar-refractivity contribution in [1.82, 2.24) is 34.9 Å². The highest BCUT2D eigenvalue weighted by molar-refractivity contribution is 5.92. The van der Waals surface area contributed by atoms with Gasteiger partial charge >= 0.3 is 0 Å². The van der Waals surface area contributed by atoms with Crippen molar-refractivity contribution in [2.45, 2.75) is 64.1 Å². The fourth-order valence-corrected chi connectivity index (χ4v) is 5.56. The van der Waals surface area contributed by atoms with Crippen molar-refractivity contribution >= 4 is 17.7 Å². The normalized spacial score (nSPS) is 20.7. The van der Waals surface area contributed by atoms with Crippen molar-refractivity contribution in [1.29, 1.82) is 0 Å². The van der Waals surface area contributed by atoms with E-state index in [4.69, 9.17) is 4.98 Å². The predicted molar refractivity (Wildman–Crippen MR) is 147 cm³/mol. The Labute approximate surface area is 232 Å². The van der Waals surface area contributed by atoms with E-state index in [9.17, 15) is 19.2 Å². The molecule has 4 heterocycles. The highest BCUT2D eigenvalue weighted by atomic mass is 16.2. The minimum atomic E-state index is -0.549. The van der Waals surface area contributed by atoms with E-state index in [2.05, 4.69) is 15.4 Å². The van der Waals surface area contributed by atoms with Crippen molar-refractivity contribution in [2.24, 2.45) is 0 Å². The molecule has 2 aromatic heterocycles. The van der Waals surface area contributed by atoms with Gasteiger partial charge in [0.1, 0.15) is 23.4 Å². The van der Waals surface area contributed by atoms with E-state index < -0.39 is 12.1 Å². The van der Waals surface area contributed by atoms with Crippen LogP contribution in [0.4, 0.5) is 0 Å². The minimum absolute atomic E-state index is 0.0870. The van der Waals surface area contributed by atoms with Gasteiger partial charge in [0.05, 0.1) is 12.6 Å². The van der Waals surface area contributed by atoms with E-state index in [-0.39, 0.29) is 41.9 Å². The number of benzene rings is 1. The molecule has 11 heteroatoms. The van der Waals surface area contributed by atoms with Crippen LogP contribution >= 0.6 is 0 Å². The predicted octanol–water partition coefficient (Wildman–Crippen LogP) is 1.99. The van der Waals surface area contributed by atoms with Gasteiger partial charge in [-0.1, -0.05) is 36.4 Å². The number of amides is 3. The molecule has 0 spiro atoms. The monoisotopic (exact) mass is 545 g/mol. The second-order valence-electron chi connectivity index (χ2n) is 10.4. The van der Waals surface area contributed by atoms with Gasteiger partial charge in [0.15, 0.2) is 0 Å². The Morgan fingerprint density at radius 3 is 2.58 bits per heavy atom. The number of pyridine rings is 1. The number of aromatic amines is 1. The summed E-state index contributed by atoms with van der Waals surface area (Å²) in [6.07, 6.45) is 3.49. The number of nitrogens with one attached hydrogen (secondary N) is 2. The van der Waals surface area contributed by atoms with Crippen LogP contribution in [-0.4, -0.2) is 72.9 Å². The van der Waals surface area contributed by atoms with Gasteiger partial charge < -0.3 is 20.1 Å². The fourth-order valence-electron chi connectivity index (χ4n) is 5.56. The maximum absolute atomic E-state index is 13.7. The molecule has 2 atom stereocenters. The third kappa shape index (κ3) is 6.30. The molecule has 1 fully saturated rings. The molecule has 210 valence electrons. The van der Waals surface area contributed by atoms with Gasteiger partial charge in [-0.2, -0.15) is 5.10 Å². The SMILES string of the molecule is Cc1nc2n(n1)CCN(C(=O)c1cccc(=O)[nH]1)CCCC(=O)N1CCCC[C@H]1C(=O)N[C@@H]2Cc1ccccc1.